The Labute approximate surface area is 125 Å². The van der Waals surface area contributed by atoms with E-state index in [-0.39, 0.29) is 30.2 Å². The summed E-state index contributed by atoms with van der Waals surface area (Å²) in [5.74, 6) is -1.63. The van der Waals surface area contributed by atoms with Gasteiger partial charge in [-0.1, -0.05) is 33.6 Å². The Hall–Kier alpha value is -1.59. The summed E-state index contributed by atoms with van der Waals surface area (Å²) in [6, 6.07) is 0. The van der Waals surface area contributed by atoms with E-state index in [4.69, 9.17) is 5.11 Å². The van der Waals surface area contributed by atoms with Crippen LogP contribution in [-0.2, 0) is 14.4 Å². The fourth-order valence-corrected chi connectivity index (χ4v) is 2.51. The molecule has 6 heteroatoms. The number of carbonyl (C=O) groups excluding carboxylic acids is 2. The summed E-state index contributed by atoms with van der Waals surface area (Å²) in [5, 5.41) is 14.5. The molecule has 0 spiro atoms. The normalized spacial score (nSPS) is 22.4. The van der Waals surface area contributed by atoms with Crippen LogP contribution in [0.5, 0.6) is 0 Å². The molecule has 1 rings (SSSR count). The van der Waals surface area contributed by atoms with Crippen LogP contribution in [0.25, 0.3) is 0 Å². The van der Waals surface area contributed by atoms with Gasteiger partial charge in [-0.3, -0.25) is 14.4 Å². The topological polar surface area (TPSA) is 95.5 Å². The summed E-state index contributed by atoms with van der Waals surface area (Å²) in [4.78, 5) is 34.5. The first-order valence-electron chi connectivity index (χ1n) is 7.49. The van der Waals surface area contributed by atoms with E-state index in [9.17, 15) is 14.4 Å². The first-order chi connectivity index (χ1) is 9.71. The molecule has 0 aromatic rings. The van der Waals surface area contributed by atoms with Gasteiger partial charge in [0, 0.05) is 12.0 Å². The Balaban J connectivity index is 2.35. The van der Waals surface area contributed by atoms with Gasteiger partial charge in [-0.15, -0.1) is 0 Å². The molecule has 1 fully saturated rings. The van der Waals surface area contributed by atoms with Gasteiger partial charge in [0.15, 0.2) is 0 Å². The highest BCUT2D eigenvalue weighted by Gasteiger charge is 2.30. The molecule has 0 radical (unpaired) electrons. The summed E-state index contributed by atoms with van der Waals surface area (Å²) in [6.45, 7) is 5.63. The number of aliphatic carboxylic acids is 1. The zero-order chi connectivity index (χ0) is 16.0. The smallest absolute Gasteiger partial charge is 0.306 e. The van der Waals surface area contributed by atoms with E-state index >= 15 is 0 Å². The van der Waals surface area contributed by atoms with Gasteiger partial charge < -0.3 is 15.7 Å². The van der Waals surface area contributed by atoms with Crippen molar-refractivity contribution in [3.63, 3.8) is 0 Å². The number of nitrogens with one attached hydrogen (secondary N) is 2. The van der Waals surface area contributed by atoms with Crippen molar-refractivity contribution < 1.29 is 19.5 Å². The molecule has 2 atom stereocenters. The number of carbonyl (C=O) groups is 3. The molecule has 2 amide bonds. The van der Waals surface area contributed by atoms with E-state index < -0.39 is 11.4 Å². The Morgan fingerprint density at radius 1 is 1.10 bits per heavy atom. The lowest BCUT2D eigenvalue weighted by Gasteiger charge is -2.28. The molecule has 0 aliphatic heterocycles. The summed E-state index contributed by atoms with van der Waals surface area (Å²) >= 11 is 0. The Morgan fingerprint density at radius 2 is 1.71 bits per heavy atom. The molecule has 0 aromatic heterocycles. The second-order valence-electron chi connectivity index (χ2n) is 6.73. The quantitative estimate of drug-likeness (QED) is 0.709. The van der Waals surface area contributed by atoms with Crippen molar-refractivity contribution in [3.05, 3.63) is 0 Å². The van der Waals surface area contributed by atoms with Crippen LogP contribution in [0.4, 0.5) is 0 Å². The third-order valence-corrected chi connectivity index (χ3v) is 3.88. The first kappa shape index (κ1) is 17.5. The maximum atomic E-state index is 11.7. The summed E-state index contributed by atoms with van der Waals surface area (Å²) in [6.07, 6.45) is 3.44. The average Bonchev–Trinajstić information content (AvgIpc) is 2.41. The predicted octanol–water partition coefficient (Wildman–Crippen LogP) is 1.16. The molecule has 1 saturated carbocycles. The van der Waals surface area contributed by atoms with Gasteiger partial charge in [0.05, 0.1) is 12.5 Å². The molecule has 0 aromatic carbocycles. The van der Waals surface area contributed by atoms with E-state index in [2.05, 4.69) is 10.6 Å². The molecule has 21 heavy (non-hydrogen) atoms. The molecular weight excluding hydrogens is 272 g/mol. The number of rotatable bonds is 5. The van der Waals surface area contributed by atoms with E-state index in [1.165, 1.54) is 0 Å². The van der Waals surface area contributed by atoms with Gasteiger partial charge in [0.1, 0.15) is 0 Å². The third kappa shape index (κ3) is 5.73. The van der Waals surface area contributed by atoms with Crippen molar-refractivity contribution in [2.75, 3.05) is 13.1 Å². The van der Waals surface area contributed by atoms with Crippen molar-refractivity contribution >= 4 is 17.8 Å². The average molecular weight is 298 g/mol. The number of carboxylic acids is 1. The van der Waals surface area contributed by atoms with Gasteiger partial charge in [-0.25, -0.2) is 0 Å². The lowest BCUT2D eigenvalue weighted by molar-refractivity contribution is -0.145. The van der Waals surface area contributed by atoms with Gasteiger partial charge in [-0.05, 0) is 18.8 Å². The maximum Gasteiger partial charge on any atom is 0.306 e. The molecule has 6 nitrogen and oxygen atoms in total. The molecule has 1 aliphatic carbocycles. The molecule has 120 valence electrons. The van der Waals surface area contributed by atoms with Crippen molar-refractivity contribution in [3.8, 4) is 0 Å². The monoisotopic (exact) mass is 298 g/mol. The second kappa shape index (κ2) is 7.43. The lowest BCUT2D eigenvalue weighted by Crippen LogP contribution is -2.44. The number of amides is 2. The van der Waals surface area contributed by atoms with E-state index in [0.717, 1.165) is 19.3 Å². The van der Waals surface area contributed by atoms with E-state index in [1.807, 2.05) is 0 Å². The zero-order valence-corrected chi connectivity index (χ0v) is 13.1. The summed E-state index contributed by atoms with van der Waals surface area (Å²) < 4.78 is 0. The van der Waals surface area contributed by atoms with Crippen molar-refractivity contribution in [1.29, 1.82) is 0 Å². The fourth-order valence-electron chi connectivity index (χ4n) is 2.51. The lowest BCUT2D eigenvalue weighted by atomic mass is 9.79. The molecule has 0 heterocycles. The van der Waals surface area contributed by atoms with Crippen LogP contribution in [0.1, 0.15) is 46.5 Å². The SMILES string of the molecule is CC(C)(C)C(=O)NCC(=O)NCC1CCCCC1C(=O)O. The zero-order valence-electron chi connectivity index (χ0n) is 13.1. The predicted molar refractivity (Wildman–Crippen MR) is 78.6 cm³/mol. The Bertz CT molecular complexity index is 401. The van der Waals surface area contributed by atoms with Gasteiger partial charge in [-0.2, -0.15) is 0 Å². The molecule has 0 saturated heterocycles. The minimum atomic E-state index is -0.782. The molecule has 3 N–H and O–H groups in total. The highest BCUT2D eigenvalue weighted by Crippen LogP contribution is 2.29. The third-order valence-electron chi connectivity index (χ3n) is 3.88. The van der Waals surface area contributed by atoms with E-state index in [0.29, 0.717) is 13.0 Å². The van der Waals surface area contributed by atoms with Crippen LogP contribution in [-0.4, -0.2) is 36.0 Å². The number of hydrogen-bond acceptors (Lipinski definition) is 3. The second-order valence-corrected chi connectivity index (χ2v) is 6.73. The highest BCUT2D eigenvalue weighted by atomic mass is 16.4. The van der Waals surface area contributed by atoms with Gasteiger partial charge in [0.25, 0.3) is 0 Å². The van der Waals surface area contributed by atoms with Gasteiger partial charge >= 0.3 is 5.97 Å². The van der Waals surface area contributed by atoms with Crippen LogP contribution < -0.4 is 10.6 Å². The standard InChI is InChI=1S/C15H26N2O4/c1-15(2,3)14(21)17-9-12(18)16-8-10-6-4-5-7-11(10)13(19)20/h10-11H,4-9H2,1-3H3,(H,16,18)(H,17,21)(H,19,20). The van der Waals surface area contributed by atoms with E-state index in [1.54, 1.807) is 20.8 Å². The Kier molecular flexibility index (Phi) is 6.18. The minimum absolute atomic E-state index is 0.0153. The number of hydrogen-bond donors (Lipinski definition) is 3. The van der Waals surface area contributed by atoms with Crippen LogP contribution in [0, 0.1) is 17.3 Å². The summed E-state index contributed by atoms with van der Waals surface area (Å²) in [5.41, 5.74) is -0.530. The number of carboxylic acid groups (broad SMARTS) is 1. The van der Waals surface area contributed by atoms with Crippen molar-refractivity contribution in [2.45, 2.75) is 46.5 Å². The molecular formula is C15H26N2O4. The fraction of sp³-hybridized carbons (Fsp3) is 0.800. The van der Waals surface area contributed by atoms with Crippen molar-refractivity contribution in [2.24, 2.45) is 17.3 Å². The summed E-state index contributed by atoms with van der Waals surface area (Å²) in [7, 11) is 0. The van der Waals surface area contributed by atoms with Crippen LogP contribution in [0.3, 0.4) is 0 Å². The Morgan fingerprint density at radius 3 is 2.29 bits per heavy atom. The minimum Gasteiger partial charge on any atom is -0.481 e. The molecule has 0 bridgehead atoms. The molecule has 2 unspecified atom stereocenters. The van der Waals surface area contributed by atoms with Crippen LogP contribution >= 0.6 is 0 Å². The largest absolute Gasteiger partial charge is 0.481 e. The first-order valence-corrected chi connectivity index (χ1v) is 7.49. The van der Waals surface area contributed by atoms with Gasteiger partial charge in [0.2, 0.25) is 11.8 Å². The van der Waals surface area contributed by atoms with Crippen molar-refractivity contribution in [1.82, 2.24) is 10.6 Å². The van der Waals surface area contributed by atoms with Crippen LogP contribution in [0.2, 0.25) is 0 Å². The van der Waals surface area contributed by atoms with Crippen LogP contribution in [0.15, 0.2) is 0 Å². The highest BCUT2D eigenvalue weighted by molar-refractivity contribution is 5.87. The molecule has 1 aliphatic rings. The maximum absolute atomic E-state index is 11.7.